The molecule has 2 amide bonds. The van der Waals surface area contributed by atoms with E-state index in [4.69, 9.17) is 16.3 Å². The third-order valence-electron chi connectivity index (χ3n) is 6.23. The molecule has 0 spiro atoms. The zero-order valence-corrected chi connectivity index (χ0v) is 16.6. The van der Waals surface area contributed by atoms with E-state index >= 15 is 0 Å². The molecule has 0 radical (unpaired) electrons. The number of hydrogen-bond acceptors (Lipinski definition) is 5. The van der Waals surface area contributed by atoms with Crippen LogP contribution in [0.3, 0.4) is 0 Å². The van der Waals surface area contributed by atoms with Crippen LogP contribution in [0.5, 0.6) is 5.75 Å². The van der Waals surface area contributed by atoms with Crippen LogP contribution >= 0.6 is 11.6 Å². The lowest BCUT2D eigenvalue weighted by Gasteiger charge is -2.41. The molecular weight excluding hydrogens is 380 g/mol. The predicted molar refractivity (Wildman–Crippen MR) is 104 cm³/mol. The minimum Gasteiger partial charge on any atom is -0.508 e. The Morgan fingerprint density at radius 2 is 2.04 bits per heavy atom. The molecule has 2 aliphatic heterocycles. The van der Waals surface area contributed by atoms with E-state index in [9.17, 15) is 19.7 Å². The minimum absolute atomic E-state index is 0.0473. The Kier molecular flexibility index (Phi) is 5.02. The van der Waals surface area contributed by atoms with Crippen LogP contribution in [-0.2, 0) is 14.2 Å². The van der Waals surface area contributed by atoms with E-state index in [0.717, 1.165) is 17.5 Å². The first kappa shape index (κ1) is 19.5. The third-order valence-corrected chi connectivity index (χ3v) is 6.55. The molecule has 1 aliphatic carbocycles. The van der Waals surface area contributed by atoms with Crippen LogP contribution in [0.4, 0.5) is 0 Å². The van der Waals surface area contributed by atoms with E-state index in [0.29, 0.717) is 30.0 Å². The molecule has 0 saturated carbocycles. The van der Waals surface area contributed by atoms with E-state index in [2.05, 4.69) is 0 Å². The molecule has 0 aromatic heterocycles. The number of halogens is 1. The van der Waals surface area contributed by atoms with Gasteiger partial charge >= 0.3 is 7.12 Å². The maximum atomic E-state index is 13.1. The van der Waals surface area contributed by atoms with Gasteiger partial charge in [-0.15, -0.1) is 0 Å². The smallest absolute Gasteiger partial charge is 0.487 e. The van der Waals surface area contributed by atoms with Crippen molar-refractivity contribution in [3.63, 3.8) is 0 Å². The van der Waals surface area contributed by atoms with Gasteiger partial charge in [0.25, 0.3) is 0 Å². The quantitative estimate of drug-likeness (QED) is 0.598. The normalized spacial score (nSPS) is 30.0. The molecule has 2 N–H and O–H groups in total. The first-order valence-electron chi connectivity index (χ1n) is 9.70. The number of phenols is 1. The molecule has 28 heavy (non-hydrogen) atoms. The van der Waals surface area contributed by atoms with Crippen molar-refractivity contribution in [2.45, 2.75) is 39.2 Å². The summed E-state index contributed by atoms with van der Waals surface area (Å²) in [6.45, 7) is 4.27. The van der Waals surface area contributed by atoms with Gasteiger partial charge in [-0.2, -0.15) is 0 Å². The van der Waals surface area contributed by atoms with Gasteiger partial charge in [0, 0.05) is 11.6 Å². The van der Waals surface area contributed by atoms with Crippen LogP contribution in [0.25, 0.3) is 0 Å². The van der Waals surface area contributed by atoms with E-state index in [1.807, 2.05) is 13.8 Å². The second-order valence-corrected chi connectivity index (χ2v) is 8.33. The maximum absolute atomic E-state index is 13.1. The van der Waals surface area contributed by atoms with Crippen LogP contribution < -0.4 is 0 Å². The van der Waals surface area contributed by atoms with E-state index in [-0.39, 0.29) is 29.4 Å². The first-order chi connectivity index (χ1) is 13.3. The number of carbonyl (C=O) groups excluding carboxylic acids is 2. The largest absolute Gasteiger partial charge is 0.508 e. The average Bonchev–Trinajstić information content (AvgIpc) is 2.86. The van der Waals surface area contributed by atoms with Crippen molar-refractivity contribution in [1.29, 1.82) is 0 Å². The first-order valence-corrected chi connectivity index (χ1v) is 10.1. The fourth-order valence-electron chi connectivity index (χ4n) is 5.04. The molecule has 0 unspecified atom stereocenters. The number of hydrogen-bond donors (Lipinski definition) is 2. The molecule has 4 atom stereocenters. The molecular formula is C20H23BClNO5. The van der Waals surface area contributed by atoms with Crippen LogP contribution in [0.2, 0.25) is 5.02 Å². The van der Waals surface area contributed by atoms with E-state index in [1.54, 1.807) is 6.07 Å². The molecule has 0 bridgehead atoms. The van der Waals surface area contributed by atoms with Crippen molar-refractivity contribution in [2.24, 2.45) is 17.8 Å². The summed E-state index contributed by atoms with van der Waals surface area (Å²) in [5.74, 6) is -1.29. The number of phenolic OH excluding ortho intramolecular Hbond substituents is 1. The number of amides is 2. The molecule has 2 heterocycles. The Morgan fingerprint density at radius 1 is 1.29 bits per heavy atom. The average molecular weight is 404 g/mol. The zero-order chi connectivity index (χ0) is 20.2. The van der Waals surface area contributed by atoms with Gasteiger partial charge < -0.3 is 14.8 Å². The lowest BCUT2D eigenvalue weighted by Crippen LogP contribution is -2.44. The van der Waals surface area contributed by atoms with Gasteiger partial charge in [0.1, 0.15) is 5.75 Å². The summed E-state index contributed by atoms with van der Waals surface area (Å²) in [6.07, 6.45) is 1.13. The summed E-state index contributed by atoms with van der Waals surface area (Å²) in [5.41, 5.74) is 2.31. The highest BCUT2D eigenvalue weighted by atomic mass is 35.5. The topological polar surface area (TPSA) is 87.1 Å². The highest BCUT2D eigenvalue weighted by molar-refractivity contribution is 6.53. The van der Waals surface area contributed by atoms with Gasteiger partial charge in [-0.05, 0) is 55.3 Å². The Balaban J connectivity index is 1.71. The number of nitrogens with zero attached hydrogens (tertiary/aromatic N) is 1. The van der Waals surface area contributed by atoms with Gasteiger partial charge in [-0.3, -0.25) is 14.5 Å². The van der Waals surface area contributed by atoms with Crippen LogP contribution in [0, 0.1) is 17.8 Å². The van der Waals surface area contributed by atoms with Crippen LogP contribution in [0.1, 0.15) is 44.8 Å². The summed E-state index contributed by atoms with van der Waals surface area (Å²) < 4.78 is 5.84. The Bertz CT molecular complexity index is 872. The van der Waals surface area contributed by atoms with Crippen molar-refractivity contribution in [1.82, 2.24) is 4.90 Å². The van der Waals surface area contributed by atoms with Gasteiger partial charge in [-0.25, -0.2) is 0 Å². The molecule has 6 nitrogen and oxygen atoms in total. The summed E-state index contributed by atoms with van der Waals surface area (Å²) in [5, 5.41) is 20.7. The van der Waals surface area contributed by atoms with Crippen molar-refractivity contribution < 1.29 is 24.4 Å². The number of likely N-dealkylation sites (tertiary alicyclic amines) is 1. The van der Waals surface area contributed by atoms with Crippen molar-refractivity contribution in [3.8, 4) is 5.75 Å². The van der Waals surface area contributed by atoms with Crippen LogP contribution in [-0.4, -0.2) is 40.5 Å². The Labute approximate surface area is 169 Å². The fourth-order valence-corrected chi connectivity index (χ4v) is 5.34. The molecule has 8 heteroatoms. The zero-order valence-electron chi connectivity index (χ0n) is 15.9. The van der Waals surface area contributed by atoms with Gasteiger partial charge in [0.15, 0.2) is 0 Å². The maximum Gasteiger partial charge on any atom is 0.487 e. The van der Waals surface area contributed by atoms with Crippen LogP contribution in [0.15, 0.2) is 29.2 Å². The lowest BCUT2D eigenvalue weighted by atomic mass is 9.55. The summed E-state index contributed by atoms with van der Waals surface area (Å²) in [4.78, 5) is 27.3. The predicted octanol–water partition coefficient (Wildman–Crippen LogP) is 2.87. The second kappa shape index (κ2) is 7.21. The number of aromatic hydroxyl groups is 1. The van der Waals surface area contributed by atoms with Gasteiger partial charge in [-0.1, -0.05) is 30.2 Å². The molecule has 2 saturated heterocycles. The minimum atomic E-state index is -1.14. The van der Waals surface area contributed by atoms with Gasteiger partial charge in [0.05, 0.1) is 17.9 Å². The molecule has 2 fully saturated rings. The number of imide groups is 1. The fraction of sp³-hybridized carbons (Fsp3) is 0.500. The standard InChI is InChI=1S/C20H23BClNO5/c1-3-6-23-19(25)14-7-10(2)18-13(17(14)20(23)26)9-16(28-21(18)27)12-5-4-11(24)8-15(12)22/h4-5,8,13-14,16-17,24,27H,3,6-7,9H2,1-2H3/t13-,14-,16-,17+/m0/s1. The summed E-state index contributed by atoms with van der Waals surface area (Å²) in [6, 6.07) is 4.62. The molecule has 4 rings (SSSR count). The molecule has 148 valence electrons. The number of rotatable bonds is 3. The summed E-state index contributed by atoms with van der Waals surface area (Å²) in [7, 11) is -1.14. The van der Waals surface area contributed by atoms with E-state index < -0.39 is 19.1 Å². The molecule has 1 aromatic rings. The number of allylic oxidation sites excluding steroid dienone is 2. The monoisotopic (exact) mass is 403 g/mol. The second-order valence-electron chi connectivity index (χ2n) is 7.93. The number of benzene rings is 1. The van der Waals surface area contributed by atoms with Crippen molar-refractivity contribution >= 4 is 30.5 Å². The highest BCUT2D eigenvalue weighted by Crippen LogP contribution is 2.51. The number of carbonyl (C=O) groups is 2. The SMILES string of the molecule is CCCN1C(=O)[C@H]2[C@H](CC(C)=C3B(O)O[C@H](c4ccc(O)cc4Cl)C[C@H]32)C1=O. The van der Waals surface area contributed by atoms with Gasteiger partial charge in [0.2, 0.25) is 11.8 Å². The van der Waals surface area contributed by atoms with Crippen molar-refractivity contribution in [3.05, 3.63) is 39.8 Å². The Hall–Kier alpha value is -1.83. The third kappa shape index (κ3) is 2.96. The Morgan fingerprint density at radius 3 is 2.71 bits per heavy atom. The lowest BCUT2D eigenvalue weighted by molar-refractivity contribution is -0.140. The van der Waals surface area contributed by atoms with E-state index in [1.165, 1.54) is 17.0 Å². The summed E-state index contributed by atoms with van der Waals surface area (Å²) >= 11 is 6.28. The van der Waals surface area contributed by atoms with Crippen molar-refractivity contribution in [2.75, 3.05) is 6.54 Å². The molecule has 1 aromatic carbocycles. The molecule has 3 aliphatic rings. The highest BCUT2D eigenvalue weighted by Gasteiger charge is 2.57. The number of fused-ring (bicyclic) bond motifs is 3.